The zero-order valence-electron chi connectivity index (χ0n) is 42.7. The van der Waals surface area contributed by atoms with Gasteiger partial charge in [-0.1, -0.05) is 76.4 Å². The number of hydrogen-bond donors (Lipinski definition) is 6. The van der Waals surface area contributed by atoms with Crippen molar-refractivity contribution in [2.75, 3.05) is 34.8 Å². The van der Waals surface area contributed by atoms with Crippen molar-refractivity contribution in [1.82, 2.24) is 19.4 Å². The van der Waals surface area contributed by atoms with E-state index < -0.39 is 35.1 Å². The number of nitrogen functional groups attached to an aromatic ring is 1. The molecule has 8 N–H and O–H groups in total. The number of alkyl halides is 1. The van der Waals surface area contributed by atoms with E-state index in [4.69, 9.17) is 65.2 Å². The van der Waals surface area contributed by atoms with Crippen LogP contribution in [0.4, 0.5) is 31.4 Å². The predicted molar refractivity (Wildman–Crippen MR) is 300 cm³/mol. The van der Waals surface area contributed by atoms with Gasteiger partial charge in [0.1, 0.15) is 22.4 Å². The van der Waals surface area contributed by atoms with Crippen LogP contribution in [0.15, 0.2) is 73.2 Å². The van der Waals surface area contributed by atoms with Gasteiger partial charge in [0.2, 0.25) is 0 Å². The number of aromatic amines is 1. The summed E-state index contributed by atoms with van der Waals surface area (Å²) in [5.41, 5.74) is 14.0. The number of carbonyl (C=O) groups is 4. The summed E-state index contributed by atoms with van der Waals surface area (Å²) < 4.78 is 24.7. The van der Waals surface area contributed by atoms with Gasteiger partial charge in [-0.3, -0.25) is 15.4 Å². The maximum Gasteiger partial charge on any atom is 0.412 e. The molecule has 72 heavy (non-hydrogen) atoms. The Hall–Kier alpha value is -5.33. The van der Waals surface area contributed by atoms with Crippen molar-refractivity contribution in [2.24, 2.45) is 5.73 Å². The molecule has 0 aliphatic carbocycles. The summed E-state index contributed by atoms with van der Waals surface area (Å²) in [6, 6.07) is 16.8. The molecule has 0 aliphatic rings. The van der Waals surface area contributed by atoms with Crippen molar-refractivity contribution in [3.05, 3.63) is 88.3 Å². The Balaban J connectivity index is 0.000000349. The smallest absolute Gasteiger partial charge is 0.412 e. The minimum Gasteiger partial charge on any atom is -0.460 e. The number of carbonyl (C=O) groups excluding carboxylic acids is 4. The third-order valence-electron chi connectivity index (χ3n) is 9.01. The topological polar surface area (TPSA) is 219 Å². The van der Waals surface area contributed by atoms with Crippen LogP contribution < -0.4 is 27.4 Å². The van der Waals surface area contributed by atoms with Gasteiger partial charge in [0, 0.05) is 83.9 Å². The lowest BCUT2D eigenvalue weighted by Gasteiger charge is -2.20. The lowest BCUT2D eigenvalue weighted by atomic mass is 10.2. The van der Waals surface area contributed by atoms with Gasteiger partial charge in [-0.15, -0.1) is 0 Å². The zero-order chi connectivity index (χ0) is 53.5. The van der Waals surface area contributed by atoms with Crippen LogP contribution in [-0.2, 0) is 36.8 Å². The van der Waals surface area contributed by atoms with Crippen LogP contribution in [0.1, 0.15) is 103 Å². The monoisotopic (exact) mass is 1120 g/mol. The Labute approximate surface area is 447 Å². The number of anilines is 3. The number of benzene rings is 3. The van der Waals surface area contributed by atoms with Gasteiger partial charge in [0.15, 0.2) is 0 Å². The van der Waals surface area contributed by atoms with Gasteiger partial charge >= 0.3 is 24.2 Å². The maximum absolute atomic E-state index is 12.1. The molecular weight excluding hydrogens is 1050 g/mol. The Bertz CT molecular complexity index is 2730. The first-order valence-corrected chi connectivity index (χ1v) is 25.2. The molecular formula is C52H74BrCl3N8O8. The third-order valence-corrected chi connectivity index (χ3v) is 10.4. The highest BCUT2D eigenvalue weighted by atomic mass is 79.9. The number of nitrogens with two attached hydrogens (primary N) is 2. The number of esters is 1. The van der Waals surface area contributed by atoms with Gasteiger partial charge in [-0.2, -0.15) is 0 Å². The lowest BCUT2D eigenvalue weighted by Crippen LogP contribution is -2.34. The highest BCUT2D eigenvalue weighted by Gasteiger charge is 2.21. The number of hydrogen-bond acceptors (Lipinski definition) is 10. The number of nitrogens with zero attached hydrogens (tertiary/aromatic N) is 2. The van der Waals surface area contributed by atoms with E-state index >= 15 is 0 Å². The first kappa shape index (κ1) is 62.8. The normalized spacial score (nSPS) is 11.4. The molecule has 16 nitrogen and oxygen atoms in total. The lowest BCUT2D eigenvalue weighted by molar-refractivity contribution is -0.154. The summed E-state index contributed by atoms with van der Waals surface area (Å²) in [6.45, 7) is 24.1. The van der Waals surface area contributed by atoms with Crippen molar-refractivity contribution in [1.29, 1.82) is 0 Å². The molecule has 3 aromatic heterocycles. The average molecular weight is 1130 g/mol. The number of nitrogens with one attached hydrogen (secondary N) is 4. The van der Waals surface area contributed by atoms with Crippen LogP contribution in [0, 0.1) is 0 Å². The Kier molecular flexibility index (Phi) is 24.1. The second-order valence-electron chi connectivity index (χ2n) is 20.0. The van der Waals surface area contributed by atoms with Crippen LogP contribution in [0.25, 0.3) is 32.7 Å². The van der Waals surface area contributed by atoms with Gasteiger partial charge in [-0.25, -0.2) is 14.4 Å². The summed E-state index contributed by atoms with van der Waals surface area (Å²) in [5, 5.41) is 13.2. The van der Waals surface area contributed by atoms with E-state index in [0.29, 0.717) is 63.6 Å². The van der Waals surface area contributed by atoms with Crippen molar-refractivity contribution in [2.45, 2.75) is 139 Å². The summed E-state index contributed by atoms with van der Waals surface area (Å²) >= 11 is 21.8. The minimum atomic E-state index is -0.596. The number of fused-ring (bicyclic) bond motifs is 3. The van der Waals surface area contributed by atoms with E-state index in [1.54, 1.807) is 45.3 Å². The first-order valence-electron chi connectivity index (χ1n) is 22.9. The minimum absolute atomic E-state index is 0. The van der Waals surface area contributed by atoms with Crippen molar-refractivity contribution in [3.8, 4) is 0 Å². The number of aromatic nitrogens is 3. The SMILES string of the molecule is C.CC(C)(C)OC(=O)CCCBr.CC(C)(C)OC(=O)NCCn1cc(Cl)c2c(NC(=O)OC(C)(C)C)cccc21.CC(C)(C)OC(=O)Nc1cccc2[nH]cc(Cl)c12.NCCn1cc(Cl)c2c(N)cccc21. The van der Waals surface area contributed by atoms with E-state index in [2.05, 4.69) is 36.9 Å². The van der Waals surface area contributed by atoms with E-state index in [0.717, 1.165) is 45.6 Å². The molecule has 0 atom stereocenters. The molecule has 0 aliphatic heterocycles. The highest BCUT2D eigenvalue weighted by molar-refractivity contribution is 9.09. The van der Waals surface area contributed by atoms with Crippen LogP contribution in [0.3, 0.4) is 0 Å². The molecule has 3 amide bonds. The van der Waals surface area contributed by atoms with Gasteiger partial charge in [-0.05, 0) is 126 Å². The molecule has 0 radical (unpaired) electrons. The number of rotatable bonds is 10. The Morgan fingerprint density at radius 3 is 1.60 bits per heavy atom. The summed E-state index contributed by atoms with van der Waals surface area (Å²) in [4.78, 5) is 49.6. The van der Waals surface area contributed by atoms with Gasteiger partial charge < -0.3 is 49.8 Å². The van der Waals surface area contributed by atoms with E-state index in [-0.39, 0.29) is 19.0 Å². The molecule has 398 valence electrons. The molecule has 20 heteroatoms. The fourth-order valence-corrected chi connectivity index (χ4v) is 7.69. The Morgan fingerprint density at radius 1 is 0.625 bits per heavy atom. The fourth-order valence-electron chi connectivity index (χ4n) is 6.51. The van der Waals surface area contributed by atoms with Gasteiger partial charge in [0.05, 0.1) is 37.5 Å². The Morgan fingerprint density at radius 2 is 1.08 bits per heavy atom. The molecule has 3 heterocycles. The zero-order valence-corrected chi connectivity index (χ0v) is 46.6. The average Bonchev–Trinajstić information content (AvgIpc) is 3.88. The molecule has 0 unspecified atom stereocenters. The second kappa shape index (κ2) is 27.6. The van der Waals surface area contributed by atoms with Crippen LogP contribution in [0.2, 0.25) is 15.1 Å². The molecule has 0 fully saturated rings. The van der Waals surface area contributed by atoms with E-state index in [1.807, 2.05) is 120 Å². The van der Waals surface area contributed by atoms with Crippen molar-refractivity contribution in [3.63, 3.8) is 0 Å². The van der Waals surface area contributed by atoms with E-state index in [9.17, 15) is 19.2 Å². The molecule has 6 aromatic rings. The van der Waals surface area contributed by atoms with Crippen molar-refractivity contribution >= 4 is 125 Å². The number of alkyl carbamates (subject to hydrolysis) is 1. The maximum atomic E-state index is 12.1. The number of ether oxygens (including phenoxy) is 4. The predicted octanol–water partition coefficient (Wildman–Crippen LogP) is 14.3. The molecule has 6 rings (SSSR count). The quantitative estimate of drug-likeness (QED) is 0.0330. The van der Waals surface area contributed by atoms with Gasteiger partial charge in [0.25, 0.3) is 0 Å². The molecule has 0 saturated carbocycles. The fraction of sp³-hybridized carbons (Fsp3) is 0.462. The molecule has 0 spiro atoms. The van der Waals surface area contributed by atoms with E-state index in [1.165, 1.54) is 0 Å². The third kappa shape index (κ3) is 21.4. The largest absolute Gasteiger partial charge is 0.460 e. The standard InChI is InChI=1S/C20H28ClN3O4.C13H15ClN2O2.C10H12ClN3.C8H15BrO2.CH4/c1-19(2,3)27-17(25)22-10-11-24-12-13(21)16-14(8-7-9-15(16)24)23-18(26)28-20(4,5)6;1-13(2,3)18-12(17)16-10-6-4-5-9-11(10)8(14)7-15-9;11-7-6-14(5-4-12)9-3-1-2-8(13)10(7)9;1-8(2,3)11-7(10)5-4-6-9;/h7-9,12H,10-11H2,1-6H3,(H,22,25)(H,23,26);4-7,15H,1-3H3,(H,16,17);1-3,6H,4-5,12-13H2;4-6H2,1-3H3;1H4. The van der Waals surface area contributed by atoms with Crippen LogP contribution in [0.5, 0.6) is 0 Å². The molecule has 3 aromatic carbocycles. The summed E-state index contributed by atoms with van der Waals surface area (Å²) in [7, 11) is 0. The highest BCUT2D eigenvalue weighted by Crippen LogP contribution is 2.34. The number of amides is 3. The van der Waals surface area contributed by atoms with Crippen LogP contribution in [-0.4, -0.2) is 79.2 Å². The summed E-state index contributed by atoms with van der Waals surface area (Å²) in [5.74, 6) is -0.114. The molecule has 0 saturated heterocycles. The first-order chi connectivity index (χ1) is 32.9. The summed E-state index contributed by atoms with van der Waals surface area (Å²) in [6.07, 6.45) is 5.16. The number of halogens is 4. The van der Waals surface area contributed by atoms with Crippen molar-refractivity contribution < 1.29 is 38.1 Å². The molecule has 0 bridgehead atoms. The van der Waals surface area contributed by atoms with Crippen LogP contribution >= 0.6 is 50.7 Å². The number of H-pyrrole nitrogens is 1. The second-order valence-corrected chi connectivity index (χ2v) is 22.0.